The fourth-order valence-corrected chi connectivity index (χ4v) is 2.31. The van der Waals surface area contributed by atoms with Gasteiger partial charge in [0.2, 0.25) is 5.91 Å². The molecule has 1 amide bonds. The third kappa shape index (κ3) is 7.35. The second-order valence-electron chi connectivity index (χ2n) is 4.07. The third-order valence-electron chi connectivity index (χ3n) is 2.49. The lowest BCUT2D eigenvalue weighted by atomic mass is 10.1. The van der Waals surface area contributed by atoms with Gasteiger partial charge in [-0.05, 0) is 30.6 Å². The second-order valence-corrected chi connectivity index (χ2v) is 5.17. The molecule has 0 unspecified atom stereocenters. The fourth-order valence-electron chi connectivity index (χ4n) is 1.55. The van der Waals surface area contributed by atoms with Crippen LogP contribution in [0.4, 0.5) is 0 Å². The summed E-state index contributed by atoms with van der Waals surface area (Å²) >= 11 is 1.57. The molecule has 0 radical (unpaired) electrons. The maximum absolute atomic E-state index is 11.4. The molecule has 0 fully saturated rings. The molecule has 0 aliphatic heterocycles. The molecule has 1 aromatic carbocycles. The molecule has 0 saturated carbocycles. The third-order valence-corrected chi connectivity index (χ3v) is 3.53. The molecule has 0 atom stereocenters. The zero-order valence-corrected chi connectivity index (χ0v) is 11.4. The Bertz CT molecular complexity index is 330. The van der Waals surface area contributed by atoms with Crippen LogP contribution in [0.25, 0.3) is 0 Å². The standard InChI is InChI=1S/C14H21NO2S/c16-10-5-11-18-12-14(17)15-9-4-8-13-6-2-1-3-7-13/h1-3,6-7,16H,4-5,8-12H2,(H,15,17). The van der Waals surface area contributed by atoms with E-state index in [4.69, 9.17) is 5.11 Å². The summed E-state index contributed by atoms with van der Waals surface area (Å²) in [6, 6.07) is 10.3. The van der Waals surface area contributed by atoms with Gasteiger partial charge in [0.25, 0.3) is 0 Å². The normalized spacial score (nSPS) is 10.3. The van der Waals surface area contributed by atoms with E-state index in [1.807, 2.05) is 18.2 Å². The quantitative estimate of drug-likeness (QED) is 0.671. The van der Waals surface area contributed by atoms with Crippen molar-refractivity contribution in [2.45, 2.75) is 19.3 Å². The summed E-state index contributed by atoms with van der Waals surface area (Å²) < 4.78 is 0. The van der Waals surface area contributed by atoms with Gasteiger partial charge in [0.05, 0.1) is 5.75 Å². The van der Waals surface area contributed by atoms with Gasteiger partial charge in [-0.1, -0.05) is 30.3 Å². The van der Waals surface area contributed by atoms with Gasteiger partial charge in [0.15, 0.2) is 0 Å². The maximum atomic E-state index is 11.4. The average molecular weight is 267 g/mol. The van der Waals surface area contributed by atoms with Gasteiger partial charge in [-0.3, -0.25) is 4.79 Å². The van der Waals surface area contributed by atoms with Crippen LogP contribution in [-0.2, 0) is 11.2 Å². The molecule has 0 aromatic heterocycles. The van der Waals surface area contributed by atoms with Gasteiger partial charge in [0, 0.05) is 13.2 Å². The molecule has 1 aromatic rings. The van der Waals surface area contributed by atoms with E-state index in [9.17, 15) is 4.79 Å². The number of carbonyl (C=O) groups is 1. The second kappa shape index (κ2) is 9.97. The predicted molar refractivity (Wildman–Crippen MR) is 76.8 cm³/mol. The Morgan fingerprint density at radius 2 is 2.00 bits per heavy atom. The van der Waals surface area contributed by atoms with Crippen molar-refractivity contribution in [3.05, 3.63) is 35.9 Å². The van der Waals surface area contributed by atoms with Crippen molar-refractivity contribution < 1.29 is 9.90 Å². The number of carbonyl (C=O) groups excluding carboxylic acids is 1. The van der Waals surface area contributed by atoms with Crippen molar-refractivity contribution in [3.8, 4) is 0 Å². The van der Waals surface area contributed by atoms with E-state index in [1.165, 1.54) is 5.56 Å². The highest BCUT2D eigenvalue weighted by Gasteiger charge is 2.00. The minimum atomic E-state index is 0.0889. The van der Waals surface area contributed by atoms with Crippen LogP contribution in [0.15, 0.2) is 30.3 Å². The average Bonchev–Trinajstić information content (AvgIpc) is 2.41. The summed E-state index contributed by atoms with van der Waals surface area (Å²) in [7, 11) is 0. The van der Waals surface area contributed by atoms with E-state index >= 15 is 0 Å². The van der Waals surface area contributed by atoms with E-state index in [1.54, 1.807) is 11.8 Å². The van der Waals surface area contributed by atoms with Crippen molar-refractivity contribution in [2.75, 3.05) is 24.7 Å². The van der Waals surface area contributed by atoms with Crippen LogP contribution in [0.5, 0.6) is 0 Å². The molecule has 100 valence electrons. The molecule has 0 heterocycles. The van der Waals surface area contributed by atoms with Crippen molar-refractivity contribution in [2.24, 2.45) is 0 Å². The zero-order valence-electron chi connectivity index (χ0n) is 10.6. The molecule has 3 nitrogen and oxygen atoms in total. The molecule has 0 bridgehead atoms. The highest BCUT2D eigenvalue weighted by molar-refractivity contribution is 7.99. The summed E-state index contributed by atoms with van der Waals surface area (Å²) in [6.45, 7) is 0.931. The summed E-state index contributed by atoms with van der Waals surface area (Å²) in [5.41, 5.74) is 1.31. The minimum Gasteiger partial charge on any atom is -0.396 e. The Hall–Kier alpha value is -1.00. The molecule has 0 spiro atoms. The summed E-state index contributed by atoms with van der Waals surface area (Å²) in [4.78, 5) is 11.4. The molecule has 2 N–H and O–H groups in total. The first-order valence-corrected chi connectivity index (χ1v) is 7.47. The number of thioether (sulfide) groups is 1. The minimum absolute atomic E-state index is 0.0889. The number of rotatable bonds is 9. The van der Waals surface area contributed by atoms with Gasteiger partial charge in [-0.15, -0.1) is 0 Å². The van der Waals surface area contributed by atoms with Crippen molar-refractivity contribution >= 4 is 17.7 Å². The molecule has 4 heteroatoms. The van der Waals surface area contributed by atoms with Gasteiger partial charge in [-0.25, -0.2) is 0 Å². The lowest BCUT2D eigenvalue weighted by Crippen LogP contribution is -2.26. The number of hydrogen-bond acceptors (Lipinski definition) is 3. The number of benzene rings is 1. The first-order chi connectivity index (χ1) is 8.83. The zero-order chi connectivity index (χ0) is 13.1. The Morgan fingerprint density at radius 1 is 1.22 bits per heavy atom. The molecular formula is C14H21NO2S. The smallest absolute Gasteiger partial charge is 0.229 e. The van der Waals surface area contributed by atoms with Crippen LogP contribution in [0.3, 0.4) is 0 Å². The van der Waals surface area contributed by atoms with Crippen LogP contribution in [0.2, 0.25) is 0 Å². The first-order valence-electron chi connectivity index (χ1n) is 6.32. The Balaban J connectivity index is 1.99. The molecule has 1 rings (SSSR count). The number of nitrogens with one attached hydrogen (secondary N) is 1. The van der Waals surface area contributed by atoms with Gasteiger partial charge in [-0.2, -0.15) is 11.8 Å². The monoisotopic (exact) mass is 267 g/mol. The highest BCUT2D eigenvalue weighted by Crippen LogP contribution is 2.02. The van der Waals surface area contributed by atoms with E-state index in [-0.39, 0.29) is 12.5 Å². The molecular weight excluding hydrogens is 246 g/mol. The largest absolute Gasteiger partial charge is 0.396 e. The van der Waals surface area contributed by atoms with Gasteiger partial charge >= 0.3 is 0 Å². The Kier molecular flexibility index (Phi) is 8.34. The lowest BCUT2D eigenvalue weighted by molar-refractivity contribution is -0.118. The number of aliphatic hydroxyl groups excluding tert-OH is 1. The number of aryl methyl sites for hydroxylation is 1. The molecule has 0 aliphatic carbocycles. The summed E-state index contributed by atoms with van der Waals surface area (Å²) in [6.07, 6.45) is 2.72. The van der Waals surface area contributed by atoms with Crippen molar-refractivity contribution in [3.63, 3.8) is 0 Å². The van der Waals surface area contributed by atoms with E-state index < -0.39 is 0 Å². The molecule has 18 heavy (non-hydrogen) atoms. The Morgan fingerprint density at radius 3 is 2.72 bits per heavy atom. The van der Waals surface area contributed by atoms with Crippen LogP contribution in [-0.4, -0.2) is 35.7 Å². The number of aliphatic hydroxyl groups is 1. The van der Waals surface area contributed by atoms with Crippen LogP contribution in [0.1, 0.15) is 18.4 Å². The molecule has 0 aliphatic rings. The highest BCUT2D eigenvalue weighted by atomic mass is 32.2. The maximum Gasteiger partial charge on any atom is 0.229 e. The first kappa shape index (κ1) is 15.1. The van der Waals surface area contributed by atoms with Crippen LogP contribution >= 0.6 is 11.8 Å². The van der Waals surface area contributed by atoms with Gasteiger partial charge in [0.1, 0.15) is 0 Å². The van der Waals surface area contributed by atoms with E-state index in [0.717, 1.165) is 31.6 Å². The van der Waals surface area contributed by atoms with Crippen molar-refractivity contribution in [1.29, 1.82) is 0 Å². The SMILES string of the molecule is O=C(CSCCCO)NCCCc1ccccc1. The predicted octanol–water partition coefficient (Wildman–Crippen LogP) is 1.85. The van der Waals surface area contributed by atoms with E-state index in [2.05, 4.69) is 17.4 Å². The number of amides is 1. The fraction of sp³-hybridized carbons (Fsp3) is 0.500. The summed E-state index contributed by atoms with van der Waals surface area (Å²) in [5.74, 6) is 1.42. The summed E-state index contributed by atoms with van der Waals surface area (Å²) in [5, 5.41) is 11.5. The lowest BCUT2D eigenvalue weighted by Gasteiger charge is -2.05. The molecule has 0 saturated heterocycles. The van der Waals surface area contributed by atoms with Crippen LogP contribution < -0.4 is 5.32 Å². The topological polar surface area (TPSA) is 49.3 Å². The van der Waals surface area contributed by atoms with Gasteiger partial charge < -0.3 is 10.4 Å². The van der Waals surface area contributed by atoms with E-state index in [0.29, 0.717) is 5.75 Å². The van der Waals surface area contributed by atoms with Crippen molar-refractivity contribution in [1.82, 2.24) is 5.32 Å². The number of hydrogen-bond donors (Lipinski definition) is 2. The van der Waals surface area contributed by atoms with Crippen LogP contribution in [0, 0.1) is 0 Å². The Labute approximate surface area is 113 Å².